The SMILES string of the molecule is CC(=O)CN1CCc2c(C)c3ccc(C(C)=O)cc3n2CC1=O. The van der Waals surface area contributed by atoms with Crippen LogP contribution in [0.2, 0.25) is 0 Å². The Balaban J connectivity index is 2.09. The highest BCUT2D eigenvalue weighted by atomic mass is 16.2. The van der Waals surface area contributed by atoms with Crippen LogP contribution >= 0.6 is 0 Å². The second-order valence-electron chi connectivity index (χ2n) is 6.21. The summed E-state index contributed by atoms with van der Waals surface area (Å²) in [6, 6.07) is 5.66. The first-order valence-corrected chi connectivity index (χ1v) is 7.78. The highest BCUT2D eigenvalue weighted by Crippen LogP contribution is 2.29. The van der Waals surface area contributed by atoms with Gasteiger partial charge in [0.15, 0.2) is 5.78 Å². The van der Waals surface area contributed by atoms with Crippen molar-refractivity contribution in [2.24, 2.45) is 0 Å². The van der Waals surface area contributed by atoms with E-state index in [1.165, 1.54) is 6.92 Å². The molecule has 2 heterocycles. The maximum atomic E-state index is 12.5. The first-order chi connectivity index (χ1) is 10.9. The molecule has 0 saturated carbocycles. The summed E-state index contributed by atoms with van der Waals surface area (Å²) in [6.45, 7) is 6.02. The number of hydrogen-bond donors (Lipinski definition) is 0. The third-order valence-corrected chi connectivity index (χ3v) is 4.54. The molecule has 0 unspecified atom stereocenters. The number of Topliss-reactive ketones (excluding diaryl/α,β-unsaturated/α-hetero) is 2. The molecule has 3 rings (SSSR count). The number of carbonyl (C=O) groups is 3. The molecule has 5 heteroatoms. The summed E-state index contributed by atoms with van der Waals surface area (Å²) in [5.41, 5.74) is 3.82. The van der Waals surface area contributed by atoms with E-state index in [1.807, 2.05) is 29.7 Å². The molecule has 23 heavy (non-hydrogen) atoms. The van der Waals surface area contributed by atoms with Crippen molar-refractivity contribution >= 4 is 28.4 Å². The van der Waals surface area contributed by atoms with Crippen LogP contribution in [0, 0.1) is 6.92 Å². The standard InChI is InChI=1S/C18H20N2O3/c1-11(21)9-19-7-6-16-12(2)15-5-4-14(13(3)22)8-17(15)20(16)10-18(19)23/h4-5,8H,6-7,9-10H2,1-3H3. The molecule has 1 aliphatic heterocycles. The lowest BCUT2D eigenvalue weighted by Crippen LogP contribution is -2.36. The van der Waals surface area contributed by atoms with Crippen LogP contribution < -0.4 is 0 Å². The molecule has 0 radical (unpaired) electrons. The maximum absolute atomic E-state index is 12.5. The maximum Gasteiger partial charge on any atom is 0.242 e. The molecular weight excluding hydrogens is 292 g/mol. The van der Waals surface area contributed by atoms with Gasteiger partial charge in [0.2, 0.25) is 5.91 Å². The van der Waals surface area contributed by atoms with E-state index in [0.29, 0.717) is 12.1 Å². The quantitative estimate of drug-likeness (QED) is 0.816. The number of amides is 1. The molecular formula is C18H20N2O3. The van der Waals surface area contributed by atoms with Gasteiger partial charge in [-0.05, 0) is 32.4 Å². The highest BCUT2D eigenvalue weighted by molar-refractivity contribution is 5.99. The fourth-order valence-electron chi connectivity index (χ4n) is 3.33. The molecule has 5 nitrogen and oxygen atoms in total. The van der Waals surface area contributed by atoms with Crippen LogP contribution in [0.5, 0.6) is 0 Å². The van der Waals surface area contributed by atoms with Crippen molar-refractivity contribution in [3.05, 3.63) is 35.0 Å². The summed E-state index contributed by atoms with van der Waals surface area (Å²) in [5.74, 6) is -0.0484. The van der Waals surface area contributed by atoms with Gasteiger partial charge in [-0.15, -0.1) is 0 Å². The summed E-state index contributed by atoms with van der Waals surface area (Å²) in [7, 11) is 0. The van der Waals surface area contributed by atoms with Gasteiger partial charge in [0, 0.05) is 35.1 Å². The molecule has 1 amide bonds. The van der Waals surface area contributed by atoms with Crippen molar-refractivity contribution in [1.29, 1.82) is 0 Å². The Morgan fingerprint density at radius 1 is 1.22 bits per heavy atom. The van der Waals surface area contributed by atoms with Crippen LogP contribution in [0.15, 0.2) is 18.2 Å². The lowest BCUT2D eigenvalue weighted by Gasteiger charge is -2.18. The summed E-state index contributed by atoms with van der Waals surface area (Å²) >= 11 is 0. The van der Waals surface area contributed by atoms with Gasteiger partial charge in [-0.25, -0.2) is 0 Å². The Bertz CT molecular complexity index is 832. The van der Waals surface area contributed by atoms with Crippen LogP contribution in [0.25, 0.3) is 10.9 Å². The average molecular weight is 312 g/mol. The molecule has 0 aliphatic carbocycles. The highest BCUT2D eigenvalue weighted by Gasteiger charge is 2.25. The number of nitrogens with zero attached hydrogens (tertiary/aromatic N) is 2. The summed E-state index contributed by atoms with van der Waals surface area (Å²) in [5, 5.41) is 1.08. The first kappa shape index (κ1) is 15.5. The Hall–Kier alpha value is -2.43. The molecule has 0 fully saturated rings. The van der Waals surface area contributed by atoms with E-state index in [2.05, 4.69) is 0 Å². The average Bonchev–Trinajstić information content (AvgIpc) is 2.63. The molecule has 0 atom stereocenters. The minimum Gasteiger partial charge on any atom is -0.335 e. The van der Waals surface area contributed by atoms with Gasteiger partial charge >= 0.3 is 0 Å². The normalized spacial score (nSPS) is 14.7. The molecule has 0 saturated heterocycles. The number of benzene rings is 1. The van der Waals surface area contributed by atoms with E-state index in [9.17, 15) is 14.4 Å². The van der Waals surface area contributed by atoms with E-state index in [4.69, 9.17) is 0 Å². The van der Waals surface area contributed by atoms with Crippen LogP contribution in [-0.2, 0) is 22.6 Å². The third-order valence-electron chi connectivity index (χ3n) is 4.54. The van der Waals surface area contributed by atoms with Gasteiger partial charge in [0.1, 0.15) is 12.3 Å². The fraction of sp³-hybridized carbons (Fsp3) is 0.389. The van der Waals surface area contributed by atoms with E-state index in [0.717, 1.165) is 28.6 Å². The van der Waals surface area contributed by atoms with E-state index in [-0.39, 0.29) is 30.6 Å². The minimum absolute atomic E-state index is 0.00891. The van der Waals surface area contributed by atoms with Gasteiger partial charge in [-0.3, -0.25) is 14.4 Å². The van der Waals surface area contributed by atoms with Crippen molar-refractivity contribution in [2.75, 3.05) is 13.1 Å². The second kappa shape index (κ2) is 5.65. The van der Waals surface area contributed by atoms with Crippen molar-refractivity contribution in [2.45, 2.75) is 33.7 Å². The molecule has 1 aromatic heterocycles. The Kier molecular flexibility index (Phi) is 3.80. The van der Waals surface area contributed by atoms with Crippen LogP contribution in [0.4, 0.5) is 0 Å². The summed E-state index contributed by atoms with van der Waals surface area (Å²) in [4.78, 5) is 37.1. The van der Waals surface area contributed by atoms with Crippen molar-refractivity contribution in [1.82, 2.24) is 9.47 Å². The van der Waals surface area contributed by atoms with Gasteiger partial charge < -0.3 is 9.47 Å². The third kappa shape index (κ3) is 2.67. The van der Waals surface area contributed by atoms with Gasteiger partial charge in [-0.1, -0.05) is 12.1 Å². The summed E-state index contributed by atoms with van der Waals surface area (Å²) in [6.07, 6.45) is 0.717. The molecule has 2 aromatic rings. The zero-order chi connectivity index (χ0) is 16.7. The zero-order valence-electron chi connectivity index (χ0n) is 13.7. The molecule has 0 N–H and O–H groups in total. The first-order valence-electron chi connectivity index (χ1n) is 7.78. The number of hydrogen-bond acceptors (Lipinski definition) is 3. The minimum atomic E-state index is -0.0518. The largest absolute Gasteiger partial charge is 0.335 e. The predicted molar refractivity (Wildman–Crippen MR) is 87.6 cm³/mol. The number of fused-ring (bicyclic) bond motifs is 3. The second-order valence-corrected chi connectivity index (χ2v) is 6.21. The summed E-state index contributed by atoms with van der Waals surface area (Å²) < 4.78 is 2.00. The topological polar surface area (TPSA) is 59.4 Å². The lowest BCUT2D eigenvalue weighted by atomic mass is 10.1. The predicted octanol–water partition coefficient (Wildman–Crippen LogP) is 2.13. The number of aromatic nitrogens is 1. The van der Waals surface area contributed by atoms with E-state index >= 15 is 0 Å². The smallest absolute Gasteiger partial charge is 0.242 e. The van der Waals surface area contributed by atoms with Crippen molar-refractivity contribution in [3.8, 4) is 0 Å². The van der Waals surface area contributed by atoms with E-state index in [1.54, 1.807) is 11.8 Å². The van der Waals surface area contributed by atoms with Gasteiger partial charge in [-0.2, -0.15) is 0 Å². The van der Waals surface area contributed by atoms with Crippen molar-refractivity contribution < 1.29 is 14.4 Å². The zero-order valence-corrected chi connectivity index (χ0v) is 13.7. The monoisotopic (exact) mass is 312 g/mol. The van der Waals surface area contributed by atoms with Gasteiger partial charge in [0.05, 0.1) is 6.54 Å². The van der Waals surface area contributed by atoms with E-state index < -0.39 is 0 Å². The Morgan fingerprint density at radius 2 is 1.96 bits per heavy atom. The van der Waals surface area contributed by atoms with Crippen LogP contribution in [0.1, 0.15) is 35.5 Å². The number of rotatable bonds is 3. The number of aryl methyl sites for hydroxylation is 1. The molecule has 120 valence electrons. The Labute approximate surface area is 134 Å². The van der Waals surface area contributed by atoms with Crippen molar-refractivity contribution in [3.63, 3.8) is 0 Å². The molecule has 0 spiro atoms. The fourth-order valence-corrected chi connectivity index (χ4v) is 3.33. The van der Waals surface area contributed by atoms with Crippen LogP contribution in [-0.4, -0.2) is 40.0 Å². The molecule has 0 bridgehead atoms. The molecule has 1 aliphatic rings. The number of ketones is 2. The van der Waals surface area contributed by atoms with Gasteiger partial charge in [0.25, 0.3) is 0 Å². The van der Waals surface area contributed by atoms with Crippen LogP contribution in [0.3, 0.4) is 0 Å². The Morgan fingerprint density at radius 3 is 2.61 bits per heavy atom. The lowest BCUT2D eigenvalue weighted by molar-refractivity contribution is -0.134. The molecule has 1 aromatic carbocycles. The number of carbonyl (C=O) groups excluding carboxylic acids is 3.